The van der Waals surface area contributed by atoms with Crippen LogP contribution in [0, 0.1) is 11.2 Å². The second-order valence-electron chi connectivity index (χ2n) is 4.45. The molecule has 0 aromatic heterocycles. The SMILES string of the molecule is N=C(N)c1ccc2c(c1)=NC(c1cc(F)ccc1O)N=2. The lowest BCUT2D eigenvalue weighted by molar-refractivity contribution is 0.459. The van der Waals surface area contributed by atoms with Crippen LogP contribution in [0.1, 0.15) is 17.3 Å². The molecule has 5 nitrogen and oxygen atoms in total. The Balaban J connectivity index is 2.11. The minimum absolute atomic E-state index is 0.0523. The molecule has 0 spiro atoms. The fourth-order valence-electron chi connectivity index (χ4n) is 2.07. The number of benzene rings is 2. The maximum atomic E-state index is 13.3. The van der Waals surface area contributed by atoms with E-state index < -0.39 is 12.0 Å². The highest BCUT2D eigenvalue weighted by molar-refractivity contribution is 5.94. The molecule has 1 unspecified atom stereocenters. The summed E-state index contributed by atoms with van der Waals surface area (Å²) in [4.78, 5) is 8.64. The molecule has 3 rings (SSSR count). The zero-order chi connectivity index (χ0) is 14.3. The van der Waals surface area contributed by atoms with Crippen LogP contribution in [0.4, 0.5) is 4.39 Å². The van der Waals surface area contributed by atoms with Gasteiger partial charge in [0.1, 0.15) is 17.4 Å². The monoisotopic (exact) mass is 270 g/mol. The highest BCUT2D eigenvalue weighted by atomic mass is 19.1. The van der Waals surface area contributed by atoms with Gasteiger partial charge in [0.05, 0.1) is 10.7 Å². The molecule has 0 aliphatic carbocycles. The molecule has 1 aliphatic rings. The molecule has 1 heterocycles. The van der Waals surface area contributed by atoms with Crippen molar-refractivity contribution < 1.29 is 9.50 Å². The highest BCUT2D eigenvalue weighted by Crippen LogP contribution is 2.28. The molecule has 0 bridgehead atoms. The van der Waals surface area contributed by atoms with Gasteiger partial charge >= 0.3 is 0 Å². The molecule has 100 valence electrons. The second-order valence-corrected chi connectivity index (χ2v) is 4.45. The number of halogens is 1. The first-order valence-electron chi connectivity index (χ1n) is 5.93. The number of amidine groups is 1. The van der Waals surface area contributed by atoms with Crippen molar-refractivity contribution in [2.45, 2.75) is 6.17 Å². The third-order valence-electron chi connectivity index (χ3n) is 3.08. The second kappa shape index (κ2) is 4.41. The maximum Gasteiger partial charge on any atom is 0.170 e. The van der Waals surface area contributed by atoms with E-state index in [1.807, 2.05) is 0 Å². The number of aromatic hydroxyl groups is 1. The number of phenolic OH excluding ortho intramolecular Hbond substituents is 1. The summed E-state index contributed by atoms with van der Waals surface area (Å²) < 4.78 is 13.3. The fourth-order valence-corrected chi connectivity index (χ4v) is 2.07. The maximum absolute atomic E-state index is 13.3. The van der Waals surface area contributed by atoms with E-state index in [9.17, 15) is 9.50 Å². The lowest BCUT2D eigenvalue weighted by Crippen LogP contribution is -2.24. The number of hydrogen-bond donors (Lipinski definition) is 3. The van der Waals surface area contributed by atoms with Gasteiger partial charge in [0, 0.05) is 11.1 Å². The van der Waals surface area contributed by atoms with Crippen LogP contribution in [0.5, 0.6) is 5.75 Å². The third-order valence-corrected chi connectivity index (χ3v) is 3.08. The Labute approximate surface area is 113 Å². The molecule has 0 radical (unpaired) electrons. The van der Waals surface area contributed by atoms with E-state index in [-0.39, 0.29) is 11.6 Å². The van der Waals surface area contributed by atoms with Gasteiger partial charge in [-0.2, -0.15) is 0 Å². The van der Waals surface area contributed by atoms with E-state index in [1.54, 1.807) is 18.2 Å². The summed E-state index contributed by atoms with van der Waals surface area (Å²) >= 11 is 0. The van der Waals surface area contributed by atoms with Gasteiger partial charge < -0.3 is 10.8 Å². The molecule has 20 heavy (non-hydrogen) atoms. The van der Waals surface area contributed by atoms with Crippen molar-refractivity contribution in [2.75, 3.05) is 0 Å². The molecule has 1 aliphatic heterocycles. The Kier molecular flexibility index (Phi) is 2.71. The van der Waals surface area contributed by atoms with Crippen LogP contribution in [0.25, 0.3) is 0 Å². The molecule has 0 saturated carbocycles. The molecular formula is C14H11FN4O. The number of hydrogen-bond acceptors (Lipinski definition) is 4. The van der Waals surface area contributed by atoms with Crippen LogP contribution in [0.15, 0.2) is 46.4 Å². The van der Waals surface area contributed by atoms with Gasteiger partial charge in [-0.1, -0.05) is 0 Å². The van der Waals surface area contributed by atoms with Crippen LogP contribution in [0.2, 0.25) is 0 Å². The quantitative estimate of drug-likeness (QED) is 0.555. The van der Waals surface area contributed by atoms with E-state index in [0.717, 1.165) is 0 Å². The Hall–Kier alpha value is -2.76. The predicted molar refractivity (Wildman–Crippen MR) is 70.6 cm³/mol. The van der Waals surface area contributed by atoms with E-state index in [4.69, 9.17) is 11.1 Å². The number of nitrogens with one attached hydrogen (secondary N) is 1. The van der Waals surface area contributed by atoms with Gasteiger partial charge in [0.25, 0.3) is 0 Å². The van der Waals surface area contributed by atoms with E-state index >= 15 is 0 Å². The summed E-state index contributed by atoms with van der Waals surface area (Å²) in [6, 6.07) is 8.69. The van der Waals surface area contributed by atoms with Crippen LogP contribution in [-0.4, -0.2) is 10.9 Å². The van der Waals surface area contributed by atoms with Gasteiger partial charge in [0.2, 0.25) is 0 Å². The van der Waals surface area contributed by atoms with Crippen LogP contribution in [-0.2, 0) is 0 Å². The average molecular weight is 270 g/mol. The zero-order valence-electron chi connectivity index (χ0n) is 10.3. The Morgan fingerprint density at radius 3 is 2.65 bits per heavy atom. The summed E-state index contributed by atoms with van der Waals surface area (Å²) in [5, 5.41) is 18.4. The molecular weight excluding hydrogens is 259 g/mol. The fraction of sp³-hybridized carbons (Fsp3) is 0.0714. The van der Waals surface area contributed by atoms with Gasteiger partial charge in [-0.05, 0) is 36.4 Å². The summed E-state index contributed by atoms with van der Waals surface area (Å²) in [5.74, 6) is -0.563. The normalized spacial score (nSPS) is 16.1. The molecule has 0 amide bonds. The standard InChI is InChI=1S/C14H11FN4O/c15-8-2-4-12(20)9(6-8)14-18-10-3-1-7(13(16)17)5-11(10)19-14/h1-6,14,20H,(H3,16,17). The topological polar surface area (TPSA) is 94.8 Å². The van der Waals surface area contributed by atoms with Crippen molar-refractivity contribution in [3.63, 3.8) is 0 Å². The first kappa shape index (κ1) is 12.3. The van der Waals surface area contributed by atoms with Crippen molar-refractivity contribution in [3.05, 3.63) is 64.1 Å². The summed E-state index contributed by atoms with van der Waals surface area (Å²) in [5.41, 5.74) is 6.28. The smallest absolute Gasteiger partial charge is 0.170 e. The number of phenols is 1. The third kappa shape index (κ3) is 2.01. The van der Waals surface area contributed by atoms with E-state index in [2.05, 4.69) is 9.98 Å². The molecule has 0 saturated heterocycles. The minimum atomic E-state index is -0.678. The molecule has 2 aromatic carbocycles. The zero-order valence-corrected chi connectivity index (χ0v) is 10.3. The number of nitrogens with zero attached hydrogens (tertiary/aromatic N) is 2. The Morgan fingerprint density at radius 2 is 1.90 bits per heavy atom. The minimum Gasteiger partial charge on any atom is -0.508 e. The highest BCUT2D eigenvalue weighted by Gasteiger charge is 2.17. The molecule has 1 atom stereocenters. The first-order chi connectivity index (χ1) is 9.54. The van der Waals surface area contributed by atoms with Crippen LogP contribution < -0.4 is 16.4 Å². The number of nitrogens with two attached hydrogens (primary N) is 1. The van der Waals surface area contributed by atoms with Crippen molar-refractivity contribution in [2.24, 2.45) is 15.7 Å². The number of rotatable bonds is 2. The summed E-state index contributed by atoms with van der Waals surface area (Å²) in [6.07, 6.45) is -0.678. The van der Waals surface area contributed by atoms with Gasteiger partial charge in [-0.25, -0.2) is 4.39 Å². The molecule has 4 N–H and O–H groups in total. The van der Waals surface area contributed by atoms with Crippen LogP contribution in [0.3, 0.4) is 0 Å². The Morgan fingerprint density at radius 1 is 1.15 bits per heavy atom. The van der Waals surface area contributed by atoms with Crippen LogP contribution >= 0.6 is 0 Å². The molecule has 2 aromatic rings. The largest absolute Gasteiger partial charge is 0.508 e. The van der Waals surface area contributed by atoms with Gasteiger partial charge in [0.15, 0.2) is 6.17 Å². The predicted octanol–water partition coefficient (Wildman–Crippen LogP) is 0.767. The lowest BCUT2D eigenvalue weighted by atomic mass is 10.1. The average Bonchev–Trinajstić information content (AvgIpc) is 2.83. The van der Waals surface area contributed by atoms with Gasteiger partial charge in [-0.3, -0.25) is 15.4 Å². The summed E-state index contributed by atoms with van der Waals surface area (Å²) in [7, 11) is 0. The molecule has 0 fully saturated rings. The summed E-state index contributed by atoms with van der Waals surface area (Å²) in [6.45, 7) is 0. The number of nitrogen functional groups attached to an aromatic ring is 1. The number of fused-ring (bicyclic) bond motifs is 1. The molecule has 6 heteroatoms. The first-order valence-corrected chi connectivity index (χ1v) is 5.93. The van der Waals surface area contributed by atoms with Crippen molar-refractivity contribution >= 4 is 5.84 Å². The van der Waals surface area contributed by atoms with Gasteiger partial charge in [-0.15, -0.1) is 0 Å². The van der Waals surface area contributed by atoms with E-state index in [1.165, 1.54) is 18.2 Å². The Bertz CT molecular complexity index is 832. The van der Waals surface area contributed by atoms with Crippen molar-refractivity contribution in [1.82, 2.24) is 0 Å². The van der Waals surface area contributed by atoms with E-state index in [0.29, 0.717) is 21.8 Å². The lowest BCUT2D eigenvalue weighted by Gasteiger charge is -2.06. The van der Waals surface area contributed by atoms with Crippen molar-refractivity contribution in [1.29, 1.82) is 5.41 Å². The van der Waals surface area contributed by atoms with Crippen molar-refractivity contribution in [3.8, 4) is 5.75 Å².